The summed E-state index contributed by atoms with van der Waals surface area (Å²) in [4.78, 5) is 68.0. The molecule has 0 radical (unpaired) electrons. The smallest absolute Gasteiger partial charge is 0.347 e. The van der Waals surface area contributed by atoms with Gasteiger partial charge in [0.05, 0.1) is 36.5 Å². The lowest BCUT2D eigenvalue weighted by atomic mass is 9.92. The van der Waals surface area contributed by atoms with Crippen molar-refractivity contribution in [2.75, 3.05) is 34.5 Å². The van der Waals surface area contributed by atoms with E-state index in [1.54, 1.807) is 42.8 Å². The maximum Gasteiger partial charge on any atom is 0.347 e. The van der Waals surface area contributed by atoms with E-state index in [1.807, 2.05) is 66.7 Å². The molecule has 7 atom stereocenters. The Morgan fingerprint density at radius 2 is 1.70 bits per heavy atom. The van der Waals surface area contributed by atoms with Crippen LogP contribution in [0.25, 0.3) is 0 Å². The first-order valence-electron chi connectivity index (χ1n) is 22.9. The number of carbonyl (C=O) groups is 5. The first-order valence-corrected chi connectivity index (χ1v) is 24.4. The van der Waals surface area contributed by atoms with Crippen molar-refractivity contribution >= 4 is 50.6 Å². The van der Waals surface area contributed by atoms with Gasteiger partial charge in [-0.15, -0.1) is 14.3 Å². The van der Waals surface area contributed by atoms with Gasteiger partial charge in [-0.05, 0) is 74.6 Å². The Hall–Kier alpha value is -4.89. The molecule has 0 bridgehead atoms. The average molecular weight is 972 g/mol. The first-order chi connectivity index (χ1) is 32.0. The second-order valence-corrected chi connectivity index (χ2v) is 17.8. The molecule has 16 nitrogen and oxygen atoms in total. The quantitative estimate of drug-likeness (QED) is 0.0659. The molecule has 2 aliphatic heterocycles. The molecule has 5 rings (SSSR count). The summed E-state index contributed by atoms with van der Waals surface area (Å²) in [5, 5.41) is 14.4. The number of esters is 3. The Kier molecular flexibility index (Phi) is 23.4. The second-order valence-electron chi connectivity index (χ2n) is 17.4. The molecular formula is C49H72ClN6O10P. The third kappa shape index (κ3) is 17.9. The molecule has 370 valence electrons. The van der Waals surface area contributed by atoms with Gasteiger partial charge in [-0.25, -0.2) is 4.79 Å². The first kappa shape index (κ1) is 56.4. The Balaban J connectivity index is 0.00000289. The number of methoxy groups -OCH3 is 2. The van der Waals surface area contributed by atoms with Crippen LogP contribution in [0.5, 0.6) is 5.75 Å². The second kappa shape index (κ2) is 27.8. The number of hydrogen-bond donors (Lipinski definition) is 2. The topological polar surface area (TPSA) is 193 Å². The number of carbonyl (C=O) groups excluding carboxylic acids is 5. The minimum Gasteiger partial charge on any atom is -0.495 e. The molecule has 1 fully saturated rings. The maximum absolute atomic E-state index is 13.9. The van der Waals surface area contributed by atoms with Crippen LogP contribution in [-0.4, -0.2) is 108 Å². The van der Waals surface area contributed by atoms with E-state index in [4.69, 9.17) is 35.3 Å². The molecule has 0 saturated carbocycles. The van der Waals surface area contributed by atoms with Gasteiger partial charge in [-0.3, -0.25) is 28.8 Å². The number of nitrogens with one attached hydrogen (secondary N) is 2. The number of ether oxygens (including phenoxy) is 5. The van der Waals surface area contributed by atoms with E-state index in [9.17, 15) is 24.0 Å². The Morgan fingerprint density at radius 1 is 1.01 bits per heavy atom. The van der Waals surface area contributed by atoms with Crippen molar-refractivity contribution in [2.45, 2.75) is 131 Å². The largest absolute Gasteiger partial charge is 0.495 e. The lowest BCUT2D eigenvalue weighted by molar-refractivity contribution is -0.179. The number of epoxide rings is 1. The van der Waals surface area contributed by atoms with Crippen LogP contribution in [-0.2, 0) is 69.0 Å². The highest BCUT2D eigenvalue weighted by Crippen LogP contribution is 2.45. The molecule has 3 aromatic rings. The fourth-order valence-electron chi connectivity index (χ4n) is 7.29. The van der Waals surface area contributed by atoms with Gasteiger partial charge in [0.25, 0.3) is 0 Å². The summed E-state index contributed by atoms with van der Waals surface area (Å²) in [7, 11) is 7.30. The Labute approximate surface area is 403 Å². The number of cyclic esters (lactones) is 2. The highest BCUT2D eigenvalue weighted by molar-refractivity contribution is 7.15. The predicted octanol–water partition coefficient (Wildman–Crippen LogP) is 6.82. The number of benzene rings is 2. The van der Waals surface area contributed by atoms with Crippen LogP contribution >= 0.6 is 20.8 Å². The minimum absolute atomic E-state index is 0.0135. The van der Waals surface area contributed by atoms with Crippen molar-refractivity contribution in [3.05, 3.63) is 88.2 Å². The van der Waals surface area contributed by atoms with Gasteiger partial charge in [-0.2, -0.15) is 0 Å². The predicted molar refractivity (Wildman–Crippen MR) is 260 cm³/mol. The molecule has 3 heterocycles. The van der Waals surface area contributed by atoms with Crippen molar-refractivity contribution in [2.24, 2.45) is 17.3 Å². The monoisotopic (exact) mass is 970 g/mol. The van der Waals surface area contributed by atoms with Gasteiger partial charge < -0.3 is 34.3 Å². The van der Waals surface area contributed by atoms with Crippen LogP contribution in [0.15, 0.2) is 60.8 Å². The van der Waals surface area contributed by atoms with E-state index in [1.165, 1.54) is 20.3 Å². The third-order valence-electron chi connectivity index (χ3n) is 11.1. The standard InChI is InChI=1S/C46H61ClN6O10.C2H6.CH5P/c1-28(2)21-38-44(57)61-36(11-9-12-39(54)49-35(23-31-16-19-37(59-7)34(47)22-31)43(56)48-27-46(4,5)45(58)62-38)29(3)41-42(63-41)32-17-14-30(15-18-32)24-52(6)25-33-26-53(51-50-33)20-10-13-40(55)60-8;2*1-2/h9,12,14-19,22,26,28-29,35-36,38,41-42H,10-11,13,20-21,23-25,27H2,1-8H3,(H,48,56)(H,49,54);1-2H3;2H2,1H3/b12-9+;;/t29-,35+,36-,38-,41?,42?;;/m0../s1. The molecule has 18 heteroatoms. The van der Waals surface area contributed by atoms with E-state index >= 15 is 0 Å². The number of halogens is 1. The van der Waals surface area contributed by atoms with Crippen LogP contribution < -0.4 is 15.4 Å². The van der Waals surface area contributed by atoms with Gasteiger partial charge in [0.1, 0.15) is 24.0 Å². The van der Waals surface area contributed by atoms with Crippen LogP contribution in [0.4, 0.5) is 0 Å². The highest BCUT2D eigenvalue weighted by atomic mass is 35.5. The molecule has 1 saturated heterocycles. The SMILES string of the molecule is CC.COC(=O)CCCn1cc(CN(C)Cc2ccc(C3OC3[C@@H](C)[C@@H]3C/C=C/C(=O)N[C@H](Cc4ccc(OC)c(Cl)c4)C(=O)NCC(C)(C)C(=O)O[C@@H](CC(C)C)C(=O)O3)cc2)nn1.CP. The highest BCUT2D eigenvalue weighted by Gasteiger charge is 2.48. The molecule has 2 N–H and O–H groups in total. The molecule has 3 unspecified atom stereocenters. The average Bonchev–Trinajstić information content (AvgIpc) is 3.99. The fourth-order valence-corrected chi connectivity index (χ4v) is 7.57. The zero-order chi connectivity index (χ0) is 49.8. The summed E-state index contributed by atoms with van der Waals surface area (Å²) in [6.45, 7) is 16.6. The van der Waals surface area contributed by atoms with Crippen molar-refractivity contribution in [1.29, 1.82) is 0 Å². The third-order valence-corrected chi connectivity index (χ3v) is 11.3. The molecular weight excluding hydrogens is 899 g/mol. The van der Waals surface area contributed by atoms with Crippen molar-refractivity contribution in [3.8, 4) is 5.75 Å². The van der Waals surface area contributed by atoms with Crippen LogP contribution in [0.2, 0.25) is 5.02 Å². The van der Waals surface area contributed by atoms with Crippen LogP contribution in [0, 0.1) is 17.3 Å². The number of aromatic nitrogens is 3. The normalized spacial score (nSPS) is 21.8. The fraction of sp³-hybridized carbons (Fsp3) is 0.571. The number of amides is 2. The Morgan fingerprint density at radius 3 is 2.34 bits per heavy atom. The number of aryl methyl sites for hydroxylation is 1. The molecule has 0 aliphatic carbocycles. The molecule has 1 aromatic heterocycles. The van der Waals surface area contributed by atoms with E-state index in [2.05, 4.69) is 47.2 Å². The van der Waals surface area contributed by atoms with Gasteiger partial charge in [-0.1, -0.05) is 94.5 Å². The lowest BCUT2D eigenvalue weighted by Crippen LogP contribution is -2.51. The van der Waals surface area contributed by atoms with Crippen LogP contribution in [0.1, 0.15) is 103 Å². The molecule has 2 aromatic carbocycles. The number of rotatable bonds is 16. The van der Waals surface area contributed by atoms with E-state index in [0.717, 1.165) is 16.8 Å². The lowest BCUT2D eigenvalue weighted by Gasteiger charge is -2.29. The summed E-state index contributed by atoms with van der Waals surface area (Å²) in [6.07, 6.45) is 3.75. The minimum atomic E-state index is -1.23. The van der Waals surface area contributed by atoms with E-state index < -0.39 is 47.4 Å². The molecule has 67 heavy (non-hydrogen) atoms. The number of hydrogen-bond acceptors (Lipinski definition) is 13. The zero-order valence-corrected chi connectivity index (χ0v) is 42.9. The van der Waals surface area contributed by atoms with Gasteiger partial charge in [0.2, 0.25) is 11.8 Å². The zero-order valence-electron chi connectivity index (χ0n) is 41.0. The van der Waals surface area contributed by atoms with Gasteiger partial charge in [0.15, 0.2) is 6.10 Å². The molecule has 2 aliphatic rings. The van der Waals surface area contributed by atoms with Gasteiger partial charge >= 0.3 is 17.9 Å². The van der Waals surface area contributed by atoms with Gasteiger partial charge in [0, 0.05) is 57.6 Å². The van der Waals surface area contributed by atoms with Crippen molar-refractivity contribution in [3.63, 3.8) is 0 Å². The molecule has 0 spiro atoms. The van der Waals surface area contributed by atoms with Crippen molar-refractivity contribution in [1.82, 2.24) is 30.5 Å². The Bertz CT molecular complexity index is 2100. The van der Waals surface area contributed by atoms with E-state index in [0.29, 0.717) is 48.8 Å². The van der Waals surface area contributed by atoms with Crippen LogP contribution in [0.3, 0.4) is 0 Å². The summed E-state index contributed by atoms with van der Waals surface area (Å²) < 4.78 is 29.9. The maximum atomic E-state index is 13.9. The number of nitrogens with zero attached hydrogens (tertiary/aromatic N) is 4. The summed E-state index contributed by atoms with van der Waals surface area (Å²) >= 11 is 6.37. The summed E-state index contributed by atoms with van der Waals surface area (Å²) in [5.74, 6) is -2.52. The van der Waals surface area contributed by atoms with Crippen molar-refractivity contribution < 1.29 is 47.7 Å². The summed E-state index contributed by atoms with van der Waals surface area (Å²) in [6, 6.07) is 12.3. The summed E-state index contributed by atoms with van der Waals surface area (Å²) in [5.41, 5.74) is 2.33. The van der Waals surface area contributed by atoms with E-state index in [-0.39, 0.29) is 55.8 Å². The molecule has 2 amide bonds.